The van der Waals surface area contributed by atoms with Crippen molar-refractivity contribution < 1.29 is 4.74 Å². The van der Waals surface area contributed by atoms with Crippen molar-refractivity contribution in [3.05, 3.63) is 33.2 Å². The lowest BCUT2D eigenvalue weighted by Gasteiger charge is -2.06. The van der Waals surface area contributed by atoms with Crippen LogP contribution >= 0.6 is 33.9 Å². The van der Waals surface area contributed by atoms with Crippen LogP contribution in [-0.2, 0) is 11.3 Å². The smallest absolute Gasteiger partial charge is 0.196 e. The van der Waals surface area contributed by atoms with Crippen molar-refractivity contribution in [2.24, 2.45) is 0 Å². The van der Waals surface area contributed by atoms with Crippen molar-refractivity contribution in [2.75, 3.05) is 20.3 Å². The Morgan fingerprint density at radius 1 is 1.50 bits per heavy atom. The van der Waals surface area contributed by atoms with Gasteiger partial charge in [-0.15, -0.1) is 11.3 Å². The van der Waals surface area contributed by atoms with Gasteiger partial charge in [-0.1, -0.05) is 0 Å². The fourth-order valence-corrected chi connectivity index (χ4v) is 3.08. The van der Waals surface area contributed by atoms with Gasteiger partial charge in [-0.25, -0.2) is 4.68 Å². The first-order chi connectivity index (χ1) is 9.79. The highest BCUT2D eigenvalue weighted by atomic mass is 127. The van der Waals surface area contributed by atoms with Crippen molar-refractivity contribution >= 4 is 38.9 Å². The van der Waals surface area contributed by atoms with Gasteiger partial charge in [0.2, 0.25) is 0 Å². The Hall–Kier alpha value is -0.970. The van der Waals surface area contributed by atoms with Gasteiger partial charge in [0.05, 0.1) is 22.1 Å². The van der Waals surface area contributed by atoms with Crippen LogP contribution in [0.5, 0.6) is 0 Å². The van der Waals surface area contributed by atoms with Gasteiger partial charge in [0.25, 0.3) is 0 Å². The molecule has 0 aliphatic rings. The molecule has 0 aromatic carbocycles. The summed E-state index contributed by atoms with van der Waals surface area (Å²) in [5, 5.41) is 9.75. The molecule has 6 nitrogen and oxygen atoms in total. The van der Waals surface area contributed by atoms with Crippen LogP contribution in [0, 0.1) is 3.57 Å². The molecule has 3 aromatic heterocycles. The molecule has 0 unspecified atom stereocenters. The zero-order valence-corrected chi connectivity index (χ0v) is 13.9. The molecule has 3 aromatic rings. The second-order valence-corrected chi connectivity index (χ2v) is 6.33. The zero-order chi connectivity index (χ0) is 13.9. The maximum atomic E-state index is 5.05. The first-order valence-corrected chi connectivity index (χ1v) is 8.10. The van der Waals surface area contributed by atoms with Crippen molar-refractivity contribution in [1.29, 1.82) is 0 Å². The number of fused-ring (bicyclic) bond motifs is 1. The molecule has 0 bridgehead atoms. The van der Waals surface area contributed by atoms with Crippen molar-refractivity contribution in [3.8, 4) is 5.82 Å². The van der Waals surface area contributed by atoms with Crippen LogP contribution in [0.2, 0.25) is 0 Å². The highest BCUT2D eigenvalue weighted by Crippen LogP contribution is 2.20. The average Bonchev–Trinajstić information content (AvgIpc) is 3.10. The van der Waals surface area contributed by atoms with Crippen LogP contribution in [0.4, 0.5) is 0 Å². The molecule has 0 aliphatic carbocycles. The molecule has 0 spiro atoms. The lowest BCUT2D eigenvalue weighted by atomic mass is 10.4. The van der Waals surface area contributed by atoms with Gasteiger partial charge in [0, 0.05) is 38.0 Å². The van der Waals surface area contributed by atoms with Gasteiger partial charge >= 0.3 is 0 Å². The molecule has 1 N–H and O–H groups in total. The second kappa shape index (κ2) is 6.20. The number of methoxy groups -OCH3 is 1. The summed E-state index contributed by atoms with van der Waals surface area (Å²) < 4.78 is 10.1. The van der Waals surface area contributed by atoms with E-state index >= 15 is 0 Å². The Morgan fingerprint density at radius 3 is 3.15 bits per heavy atom. The van der Waals surface area contributed by atoms with E-state index in [2.05, 4.69) is 42.4 Å². The molecule has 0 saturated carbocycles. The summed E-state index contributed by atoms with van der Waals surface area (Å²) in [5.41, 5.74) is 1.11. The van der Waals surface area contributed by atoms with Gasteiger partial charge in [0.15, 0.2) is 10.8 Å². The van der Waals surface area contributed by atoms with E-state index in [1.807, 2.05) is 28.7 Å². The molecule has 20 heavy (non-hydrogen) atoms. The van der Waals surface area contributed by atoms with E-state index in [-0.39, 0.29) is 0 Å². The number of hydrogen-bond acceptors (Lipinski definition) is 5. The third kappa shape index (κ3) is 2.73. The zero-order valence-electron chi connectivity index (χ0n) is 10.9. The molecule has 8 heteroatoms. The predicted molar refractivity (Wildman–Crippen MR) is 86.5 cm³/mol. The normalized spacial score (nSPS) is 11.5. The molecule has 0 atom stereocenters. The van der Waals surface area contributed by atoms with Crippen LogP contribution in [0.1, 0.15) is 5.69 Å². The quantitative estimate of drug-likeness (QED) is 0.505. The van der Waals surface area contributed by atoms with Crippen molar-refractivity contribution in [3.63, 3.8) is 0 Å². The highest BCUT2D eigenvalue weighted by molar-refractivity contribution is 14.1. The largest absolute Gasteiger partial charge is 0.383 e. The van der Waals surface area contributed by atoms with Gasteiger partial charge in [-0.3, -0.25) is 4.40 Å². The summed E-state index contributed by atoms with van der Waals surface area (Å²) in [6.45, 7) is 2.23. The molecular weight excluding hydrogens is 389 g/mol. The van der Waals surface area contributed by atoms with E-state index in [9.17, 15) is 0 Å². The van der Waals surface area contributed by atoms with Crippen molar-refractivity contribution in [1.82, 2.24) is 24.5 Å². The first-order valence-electron chi connectivity index (χ1n) is 6.14. The minimum absolute atomic E-state index is 0.695. The van der Waals surface area contributed by atoms with Gasteiger partial charge < -0.3 is 10.1 Å². The maximum Gasteiger partial charge on any atom is 0.196 e. The molecule has 0 radical (unpaired) electrons. The Morgan fingerprint density at radius 2 is 2.40 bits per heavy atom. The van der Waals surface area contributed by atoms with Crippen molar-refractivity contribution in [2.45, 2.75) is 6.54 Å². The number of aromatic nitrogens is 4. The predicted octanol–water partition coefficient (Wildman–Crippen LogP) is 1.92. The SMILES string of the molecule is COCCNCc1c(-n2cc(I)cn2)nc2sccn12. The summed E-state index contributed by atoms with van der Waals surface area (Å²) in [6.07, 6.45) is 5.85. The van der Waals surface area contributed by atoms with Crippen LogP contribution in [-0.4, -0.2) is 39.4 Å². The Balaban J connectivity index is 1.92. The molecular formula is C12H14IN5OS. The van der Waals surface area contributed by atoms with Gasteiger partial charge in [-0.05, 0) is 22.6 Å². The lowest BCUT2D eigenvalue weighted by Crippen LogP contribution is -2.20. The average molecular weight is 403 g/mol. The van der Waals surface area contributed by atoms with E-state index in [0.29, 0.717) is 6.61 Å². The first kappa shape index (κ1) is 14.0. The summed E-state index contributed by atoms with van der Waals surface area (Å²) in [5.74, 6) is 0.879. The standard InChI is InChI=1S/C12H14IN5OS/c1-19-4-2-14-7-10-11(18-8-9(13)6-15-18)16-12-17(10)3-5-20-12/h3,5-6,8,14H,2,4,7H2,1H3. The van der Waals surface area contributed by atoms with Crippen LogP contribution in [0.3, 0.4) is 0 Å². The number of rotatable bonds is 6. The van der Waals surface area contributed by atoms with Gasteiger partial charge in [0.1, 0.15) is 0 Å². The minimum atomic E-state index is 0.695. The summed E-state index contributed by atoms with van der Waals surface area (Å²) in [4.78, 5) is 5.64. The van der Waals surface area contributed by atoms with Crippen LogP contribution in [0.15, 0.2) is 24.0 Å². The summed E-state index contributed by atoms with van der Waals surface area (Å²) in [6, 6.07) is 0. The number of halogens is 1. The molecule has 3 heterocycles. The molecule has 0 saturated heterocycles. The Bertz CT molecular complexity index is 704. The molecule has 0 aliphatic heterocycles. The molecule has 3 rings (SSSR count). The Kier molecular flexibility index (Phi) is 4.34. The van der Waals surface area contributed by atoms with E-state index in [0.717, 1.165) is 33.1 Å². The third-order valence-electron chi connectivity index (χ3n) is 2.88. The highest BCUT2D eigenvalue weighted by Gasteiger charge is 2.15. The van der Waals surface area contributed by atoms with Gasteiger partial charge in [-0.2, -0.15) is 10.1 Å². The number of thiazole rings is 1. The fourth-order valence-electron chi connectivity index (χ4n) is 1.97. The Labute approximate surface area is 133 Å². The molecule has 106 valence electrons. The number of nitrogens with one attached hydrogen (secondary N) is 1. The van der Waals surface area contributed by atoms with E-state index < -0.39 is 0 Å². The summed E-state index contributed by atoms with van der Waals surface area (Å²) in [7, 11) is 1.70. The van der Waals surface area contributed by atoms with E-state index in [4.69, 9.17) is 4.74 Å². The van der Waals surface area contributed by atoms with E-state index in [1.165, 1.54) is 0 Å². The second-order valence-electron chi connectivity index (χ2n) is 4.21. The third-order valence-corrected chi connectivity index (χ3v) is 4.20. The topological polar surface area (TPSA) is 56.4 Å². The summed E-state index contributed by atoms with van der Waals surface area (Å²) >= 11 is 3.87. The molecule has 0 fully saturated rings. The minimum Gasteiger partial charge on any atom is -0.383 e. The molecule has 0 amide bonds. The van der Waals surface area contributed by atoms with Crippen LogP contribution in [0.25, 0.3) is 10.8 Å². The number of imidazole rings is 1. The maximum absolute atomic E-state index is 5.05. The number of nitrogens with zero attached hydrogens (tertiary/aromatic N) is 4. The van der Waals surface area contributed by atoms with E-state index in [1.54, 1.807) is 18.4 Å². The lowest BCUT2D eigenvalue weighted by molar-refractivity contribution is 0.199. The fraction of sp³-hybridized carbons (Fsp3) is 0.333. The number of hydrogen-bond donors (Lipinski definition) is 1. The monoisotopic (exact) mass is 403 g/mol. The van der Waals surface area contributed by atoms with Crippen LogP contribution < -0.4 is 5.32 Å². The number of ether oxygens (including phenoxy) is 1.